The van der Waals surface area contributed by atoms with Crippen LogP contribution >= 0.6 is 23.2 Å². The number of carboxylic acids is 1. The predicted octanol–water partition coefficient (Wildman–Crippen LogP) is 9.12. The molecule has 1 fully saturated rings. The van der Waals surface area contributed by atoms with Crippen LogP contribution in [0.15, 0.2) is 89.8 Å². The van der Waals surface area contributed by atoms with E-state index in [4.69, 9.17) is 23.2 Å². The molecule has 1 aliphatic carbocycles. The van der Waals surface area contributed by atoms with Crippen molar-refractivity contribution in [2.75, 3.05) is 0 Å². The molecule has 1 aliphatic rings. The van der Waals surface area contributed by atoms with E-state index in [1.165, 1.54) is 46.4 Å². The van der Waals surface area contributed by atoms with Gasteiger partial charge in [-0.2, -0.15) is 0 Å². The minimum absolute atomic E-state index is 0.178. The lowest BCUT2D eigenvalue weighted by atomic mass is 9.96. The summed E-state index contributed by atoms with van der Waals surface area (Å²) in [5.74, 6) is -2.08. The van der Waals surface area contributed by atoms with Gasteiger partial charge in [0.2, 0.25) is 0 Å². The first-order valence-corrected chi connectivity index (χ1v) is 14.4. The van der Waals surface area contributed by atoms with Crippen molar-refractivity contribution in [2.24, 2.45) is 5.92 Å². The van der Waals surface area contributed by atoms with E-state index in [0.717, 1.165) is 5.56 Å². The number of halogens is 5. The zero-order chi connectivity index (χ0) is 29.0. The van der Waals surface area contributed by atoms with Crippen molar-refractivity contribution in [3.8, 4) is 22.4 Å². The van der Waals surface area contributed by atoms with Crippen LogP contribution in [0.2, 0.25) is 10.0 Å². The molecule has 208 valence electrons. The van der Waals surface area contributed by atoms with E-state index >= 15 is 0 Å². The number of alkyl halides is 2. The molecule has 0 amide bonds. The standard InChI is InChI=1S/C31H20Cl2F3NO3S/c32-24-5-2-6-25(33)28(24)27-23-14-19(34)9-12-26(23)37(41(40)20-10-7-16(8-11-20)30(35)36)29(27)18-4-1-3-17(13-18)21-15-22(21)31(38)39/h1-14,21-22,30H,15H2,(H,38,39). The lowest BCUT2D eigenvalue weighted by Gasteiger charge is -2.15. The SMILES string of the molecule is O=C(O)C1CC1c1cccc(-c2c(-c3c(Cl)cccc3Cl)c3cc(F)ccc3n2S(=O)c2ccc(C(F)F)cc2)c1. The normalized spacial score (nSPS) is 17.2. The fourth-order valence-corrected chi connectivity index (χ4v) is 7.11. The van der Waals surface area contributed by atoms with Gasteiger partial charge in [-0.25, -0.2) is 17.4 Å². The highest BCUT2D eigenvalue weighted by molar-refractivity contribution is 7.83. The summed E-state index contributed by atoms with van der Waals surface area (Å²) in [5, 5.41) is 10.5. The summed E-state index contributed by atoms with van der Waals surface area (Å²) < 4.78 is 57.0. The summed E-state index contributed by atoms with van der Waals surface area (Å²) in [6.45, 7) is 0. The number of fused-ring (bicyclic) bond motifs is 1. The van der Waals surface area contributed by atoms with Crippen LogP contribution in [0.25, 0.3) is 33.3 Å². The number of hydrogen-bond acceptors (Lipinski definition) is 2. The number of carbonyl (C=O) groups is 1. The summed E-state index contributed by atoms with van der Waals surface area (Å²) >= 11 is 13.3. The fraction of sp³-hybridized carbons (Fsp3) is 0.129. The second kappa shape index (κ2) is 10.7. The maximum Gasteiger partial charge on any atom is 0.307 e. The quantitative estimate of drug-likeness (QED) is 0.199. The Bertz CT molecular complexity index is 1840. The summed E-state index contributed by atoms with van der Waals surface area (Å²) in [5.41, 5.74) is 2.83. The molecule has 41 heavy (non-hydrogen) atoms. The molecule has 1 N–H and O–H groups in total. The number of carboxylic acid groups (broad SMARTS) is 1. The highest BCUT2D eigenvalue weighted by atomic mass is 35.5. The minimum Gasteiger partial charge on any atom is -0.481 e. The third-order valence-corrected chi connectivity index (χ3v) is 9.31. The first-order chi connectivity index (χ1) is 19.7. The van der Waals surface area contributed by atoms with Crippen molar-refractivity contribution >= 4 is 51.1 Å². The van der Waals surface area contributed by atoms with Gasteiger partial charge in [-0.3, -0.25) is 8.77 Å². The summed E-state index contributed by atoms with van der Waals surface area (Å²) in [4.78, 5) is 11.8. The molecule has 5 aromatic rings. The van der Waals surface area contributed by atoms with Gasteiger partial charge in [0.1, 0.15) is 5.82 Å². The number of benzene rings is 4. The third-order valence-electron chi connectivity index (χ3n) is 7.29. The number of aromatic nitrogens is 1. The number of rotatable bonds is 7. The second-order valence-corrected chi connectivity index (χ2v) is 12.0. The van der Waals surface area contributed by atoms with Crippen LogP contribution in [-0.4, -0.2) is 19.3 Å². The molecule has 1 heterocycles. The minimum atomic E-state index is -2.68. The maximum absolute atomic E-state index is 14.7. The van der Waals surface area contributed by atoms with E-state index in [1.54, 1.807) is 30.3 Å². The molecule has 0 spiro atoms. The van der Waals surface area contributed by atoms with Crippen molar-refractivity contribution < 1.29 is 27.3 Å². The first-order valence-electron chi connectivity index (χ1n) is 12.6. The van der Waals surface area contributed by atoms with Crippen molar-refractivity contribution in [1.29, 1.82) is 0 Å². The zero-order valence-electron chi connectivity index (χ0n) is 21.0. The van der Waals surface area contributed by atoms with Gasteiger partial charge in [-0.15, -0.1) is 0 Å². The van der Waals surface area contributed by atoms with Crippen LogP contribution in [0.1, 0.15) is 29.9 Å². The monoisotopic (exact) mass is 613 g/mol. The fourth-order valence-electron chi connectivity index (χ4n) is 5.25. The molecular weight excluding hydrogens is 594 g/mol. The van der Waals surface area contributed by atoms with Crippen molar-refractivity contribution in [2.45, 2.75) is 23.7 Å². The van der Waals surface area contributed by atoms with Crippen LogP contribution in [0, 0.1) is 11.7 Å². The second-order valence-electron chi connectivity index (χ2n) is 9.81. The Morgan fingerprint density at radius 1 is 0.927 bits per heavy atom. The largest absolute Gasteiger partial charge is 0.481 e. The van der Waals surface area contributed by atoms with Gasteiger partial charge in [0.25, 0.3) is 6.43 Å². The molecule has 10 heteroatoms. The summed E-state index contributed by atoms with van der Waals surface area (Å²) in [7, 11) is -1.97. The van der Waals surface area contributed by atoms with Gasteiger partial charge in [0, 0.05) is 37.7 Å². The van der Waals surface area contributed by atoms with E-state index in [2.05, 4.69) is 0 Å². The molecule has 4 nitrogen and oxygen atoms in total. The summed E-state index contributed by atoms with van der Waals surface area (Å²) in [6.07, 6.45) is -2.18. The van der Waals surface area contributed by atoms with E-state index in [9.17, 15) is 27.3 Å². The Morgan fingerprint density at radius 3 is 2.24 bits per heavy atom. The Hall–Kier alpha value is -3.59. The third kappa shape index (κ3) is 4.94. The van der Waals surface area contributed by atoms with Gasteiger partial charge in [0.05, 0.1) is 22.0 Å². The van der Waals surface area contributed by atoms with Gasteiger partial charge >= 0.3 is 5.97 Å². The molecule has 4 aromatic carbocycles. The molecular formula is C31H20Cl2F3NO3S. The average Bonchev–Trinajstić information content (AvgIpc) is 3.70. The van der Waals surface area contributed by atoms with Crippen molar-refractivity contribution in [1.82, 2.24) is 3.97 Å². The molecule has 6 rings (SSSR count). The lowest BCUT2D eigenvalue weighted by Crippen LogP contribution is -2.07. The van der Waals surface area contributed by atoms with Gasteiger partial charge in [-0.05, 0) is 66.4 Å². The molecule has 1 saturated carbocycles. The van der Waals surface area contributed by atoms with E-state index in [0.29, 0.717) is 49.8 Å². The molecule has 0 bridgehead atoms. The van der Waals surface area contributed by atoms with Crippen LogP contribution in [0.4, 0.5) is 13.2 Å². The molecule has 1 aromatic heterocycles. The number of hydrogen-bond donors (Lipinski definition) is 1. The molecule has 0 aliphatic heterocycles. The van der Waals surface area contributed by atoms with Crippen LogP contribution in [0.5, 0.6) is 0 Å². The highest BCUT2D eigenvalue weighted by Crippen LogP contribution is 2.50. The highest BCUT2D eigenvalue weighted by Gasteiger charge is 2.44. The molecule has 0 radical (unpaired) electrons. The predicted molar refractivity (Wildman–Crippen MR) is 154 cm³/mol. The lowest BCUT2D eigenvalue weighted by molar-refractivity contribution is -0.138. The molecule has 0 saturated heterocycles. The van der Waals surface area contributed by atoms with E-state index < -0.39 is 35.1 Å². The van der Waals surface area contributed by atoms with Crippen molar-refractivity contribution in [3.63, 3.8) is 0 Å². The number of nitrogens with zero attached hydrogens (tertiary/aromatic N) is 1. The van der Waals surface area contributed by atoms with Crippen molar-refractivity contribution in [3.05, 3.63) is 112 Å². The molecule has 3 unspecified atom stereocenters. The van der Waals surface area contributed by atoms with E-state index in [-0.39, 0.29) is 16.4 Å². The zero-order valence-corrected chi connectivity index (χ0v) is 23.4. The Morgan fingerprint density at radius 2 is 1.61 bits per heavy atom. The number of aliphatic carboxylic acids is 1. The van der Waals surface area contributed by atoms with Gasteiger partial charge < -0.3 is 5.11 Å². The Balaban J connectivity index is 1.66. The maximum atomic E-state index is 14.7. The topological polar surface area (TPSA) is 59.3 Å². The van der Waals surface area contributed by atoms with Gasteiger partial charge in [0.15, 0.2) is 11.0 Å². The molecule has 3 atom stereocenters. The van der Waals surface area contributed by atoms with E-state index in [1.807, 2.05) is 12.1 Å². The Labute approximate surface area is 245 Å². The Kier molecular flexibility index (Phi) is 7.18. The van der Waals surface area contributed by atoms with Crippen LogP contribution < -0.4 is 0 Å². The van der Waals surface area contributed by atoms with Gasteiger partial charge in [-0.1, -0.05) is 59.6 Å². The average molecular weight is 614 g/mol. The summed E-state index contributed by atoms with van der Waals surface area (Å²) in [6, 6.07) is 21.4. The van der Waals surface area contributed by atoms with Crippen LogP contribution in [-0.2, 0) is 15.8 Å². The van der Waals surface area contributed by atoms with Crippen LogP contribution in [0.3, 0.4) is 0 Å². The first kappa shape index (κ1) is 27.6. The smallest absolute Gasteiger partial charge is 0.307 e.